The minimum absolute atomic E-state index is 0.0101. The fraction of sp³-hybridized carbons (Fsp3) is 0.605. The van der Waals surface area contributed by atoms with Gasteiger partial charge in [0.05, 0.1) is 19.0 Å². The topological polar surface area (TPSA) is 391 Å². The van der Waals surface area contributed by atoms with Crippen molar-refractivity contribution in [1.82, 2.24) is 47.4 Å². The summed E-state index contributed by atoms with van der Waals surface area (Å²) in [5.74, 6) is -9.60. The van der Waals surface area contributed by atoms with E-state index < -0.39 is 132 Å². The van der Waals surface area contributed by atoms with Crippen LogP contribution in [-0.4, -0.2) is 156 Å². The summed E-state index contributed by atoms with van der Waals surface area (Å²) in [7, 11) is 3.46. The first-order valence-corrected chi connectivity index (χ1v) is 25.2. The van der Waals surface area contributed by atoms with Crippen LogP contribution >= 0.6 is 21.6 Å². The van der Waals surface area contributed by atoms with Gasteiger partial charge in [0.25, 0.3) is 0 Å². The Morgan fingerprint density at radius 3 is 2.10 bits per heavy atom. The molecule has 2 fully saturated rings. The molecule has 24 nitrogen and oxygen atoms in total. The van der Waals surface area contributed by atoms with Gasteiger partial charge in [-0.05, 0) is 50.1 Å². The minimum atomic E-state index is -1.73. The smallest absolute Gasteiger partial charge is 0.246 e. The predicted molar refractivity (Wildman–Crippen MR) is 256 cm³/mol. The van der Waals surface area contributed by atoms with E-state index in [1.807, 2.05) is 0 Å². The van der Waals surface area contributed by atoms with Crippen LogP contribution < -0.4 is 65.5 Å². The standard InChI is InChI=1S/C43H67N13O11S2/c1-4-23(2)35-42(66)51-27(14-15-34(59)48-3)38(62)53-29(19-32(46)57)39(63)54-30(22-69-68-21-25(45)36(60)52-28(40(64)55-35)18-24-10-6-5-7-11-24)43(67)56-17-9-13-31(56)41(65)50-26(12-8-16-44)37(61)49-20-33(47)58/h5-7,10-11,23,25-31,35H,4,8-9,12-22,44-45H2,1-3H3,(H2,46,57)(H2,47,58)(H,48,59)(H,49,61)(H,50,65)(H,51,66)(H,52,60)(H,53,62)(H,54,63)(H,55,64)/t23-,25-,26-,27-,28-,29-,30-,31-,35-/m0/s1. The summed E-state index contributed by atoms with van der Waals surface area (Å²) >= 11 is 0. The van der Waals surface area contributed by atoms with E-state index in [4.69, 9.17) is 22.9 Å². The van der Waals surface area contributed by atoms with E-state index in [2.05, 4.69) is 42.5 Å². The van der Waals surface area contributed by atoms with Crippen LogP contribution in [-0.2, 0) is 59.2 Å². The Balaban J connectivity index is 2.05. The normalized spacial score (nSPS) is 24.2. The summed E-state index contributed by atoms with van der Waals surface area (Å²) in [5.41, 5.74) is 23.4. The highest BCUT2D eigenvalue weighted by atomic mass is 33.1. The first-order chi connectivity index (χ1) is 32.8. The lowest BCUT2D eigenvalue weighted by Gasteiger charge is -2.31. The Bertz CT molecular complexity index is 2000. The van der Waals surface area contributed by atoms with Crippen molar-refractivity contribution in [3.05, 3.63) is 35.9 Å². The van der Waals surface area contributed by atoms with Crippen LogP contribution in [0.4, 0.5) is 0 Å². The number of primary amides is 2. The van der Waals surface area contributed by atoms with Gasteiger partial charge in [0.15, 0.2) is 0 Å². The zero-order valence-corrected chi connectivity index (χ0v) is 40.7. The molecule has 2 saturated heterocycles. The van der Waals surface area contributed by atoms with Gasteiger partial charge >= 0.3 is 0 Å². The molecule has 26 heteroatoms. The molecule has 0 spiro atoms. The first-order valence-electron chi connectivity index (χ1n) is 22.7. The Labute approximate surface area is 408 Å². The van der Waals surface area contributed by atoms with Crippen LogP contribution in [0.1, 0.15) is 70.8 Å². The van der Waals surface area contributed by atoms with Crippen molar-refractivity contribution < 1.29 is 52.7 Å². The molecule has 16 N–H and O–H groups in total. The fourth-order valence-corrected chi connectivity index (χ4v) is 9.60. The van der Waals surface area contributed by atoms with E-state index in [1.54, 1.807) is 44.2 Å². The monoisotopic (exact) mass is 1010 g/mol. The van der Waals surface area contributed by atoms with Crippen molar-refractivity contribution in [2.75, 3.05) is 38.2 Å². The van der Waals surface area contributed by atoms with Crippen LogP contribution in [0.5, 0.6) is 0 Å². The number of hydrogen-bond donors (Lipinski definition) is 12. The molecule has 0 radical (unpaired) electrons. The van der Waals surface area contributed by atoms with E-state index in [1.165, 1.54) is 11.9 Å². The number of hydrogen-bond acceptors (Lipinski definition) is 15. The van der Waals surface area contributed by atoms with Gasteiger partial charge in [-0.2, -0.15) is 0 Å². The number of nitrogens with two attached hydrogens (primary N) is 4. The van der Waals surface area contributed by atoms with Crippen molar-refractivity contribution in [3.63, 3.8) is 0 Å². The predicted octanol–water partition coefficient (Wildman–Crippen LogP) is -4.36. The van der Waals surface area contributed by atoms with Gasteiger partial charge in [-0.3, -0.25) is 52.7 Å². The molecule has 0 unspecified atom stereocenters. The maximum Gasteiger partial charge on any atom is 0.246 e. The molecule has 0 saturated carbocycles. The Hall–Kier alpha value is -5.99. The lowest BCUT2D eigenvalue weighted by molar-refractivity contribution is -0.142. The zero-order chi connectivity index (χ0) is 51.2. The van der Waals surface area contributed by atoms with E-state index >= 15 is 0 Å². The SMILES string of the molecule is CC[C@H](C)[C@@H]1NC(=O)[C@H](Cc2ccccc2)NC(=O)[C@@H](N)CSSC[C@@H](C(=O)N2CCC[C@H]2C(=O)N[C@@H](CCCN)C(=O)NCC(N)=O)NC(=O)[C@H](CC(N)=O)NC(=O)[C@H](CCC(=O)NC)NC1=O. The van der Waals surface area contributed by atoms with Gasteiger partial charge < -0.3 is 70.4 Å². The molecule has 9 atom stereocenters. The van der Waals surface area contributed by atoms with E-state index in [-0.39, 0.29) is 56.7 Å². The number of nitrogens with one attached hydrogen (secondary N) is 8. The van der Waals surface area contributed by atoms with Crippen LogP contribution in [0.3, 0.4) is 0 Å². The highest BCUT2D eigenvalue weighted by molar-refractivity contribution is 8.76. The second-order valence-electron chi connectivity index (χ2n) is 16.7. The number of likely N-dealkylation sites (tertiary alicyclic amines) is 1. The highest BCUT2D eigenvalue weighted by Gasteiger charge is 2.41. The maximum atomic E-state index is 14.5. The average molecular weight is 1010 g/mol. The molecular weight excluding hydrogens is 939 g/mol. The van der Waals surface area contributed by atoms with Crippen LogP contribution in [0.25, 0.3) is 0 Å². The largest absolute Gasteiger partial charge is 0.370 e. The summed E-state index contributed by atoms with van der Waals surface area (Å²) in [6, 6.07) is -1.87. The number of benzene rings is 1. The third kappa shape index (κ3) is 18.8. The molecule has 11 amide bonds. The van der Waals surface area contributed by atoms with Crippen molar-refractivity contribution in [2.24, 2.45) is 28.9 Å². The van der Waals surface area contributed by atoms with Gasteiger partial charge in [-0.25, -0.2) is 0 Å². The molecular formula is C43H67N13O11S2. The maximum absolute atomic E-state index is 14.5. The van der Waals surface area contributed by atoms with Crippen LogP contribution in [0, 0.1) is 5.92 Å². The van der Waals surface area contributed by atoms with E-state index in [0.29, 0.717) is 24.8 Å². The second kappa shape index (κ2) is 29.1. The number of rotatable bonds is 18. The lowest BCUT2D eigenvalue weighted by Crippen LogP contribution is -2.61. The molecule has 1 aromatic carbocycles. The average Bonchev–Trinajstić information content (AvgIpc) is 3.82. The Morgan fingerprint density at radius 1 is 0.826 bits per heavy atom. The molecule has 0 aromatic heterocycles. The number of carbonyl (C=O) groups excluding carboxylic acids is 11. The van der Waals surface area contributed by atoms with Crippen molar-refractivity contribution >= 4 is 86.6 Å². The lowest BCUT2D eigenvalue weighted by atomic mass is 9.96. The summed E-state index contributed by atoms with van der Waals surface area (Å²) in [5, 5.41) is 20.5. The molecule has 2 aliphatic rings. The van der Waals surface area contributed by atoms with Gasteiger partial charge in [0, 0.05) is 37.9 Å². The highest BCUT2D eigenvalue weighted by Crippen LogP contribution is 2.26. The summed E-state index contributed by atoms with van der Waals surface area (Å²) in [6.45, 7) is 3.21. The zero-order valence-electron chi connectivity index (χ0n) is 39.0. The van der Waals surface area contributed by atoms with Gasteiger partial charge in [0.1, 0.15) is 42.3 Å². The van der Waals surface area contributed by atoms with Gasteiger partial charge in [-0.1, -0.05) is 72.2 Å². The third-order valence-electron chi connectivity index (χ3n) is 11.4. The Morgan fingerprint density at radius 2 is 1.46 bits per heavy atom. The summed E-state index contributed by atoms with van der Waals surface area (Å²) < 4.78 is 0. The second-order valence-corrected chi connectivity index (χ2v) is 19.3. The van der Waals surface area contributed by atoms with Crippen molar-refractivity contribution in [2.45, 2.75) is 120 Å². The number of nitrogens with zero attached hydrogens (tertiary/aromatic N) is 1. The molecule has 2 aliphatic heterocycles. The van der Waals surface area contributed by atoms with Gasteiger partial charge in [-0.15, -0.1) is 0 Å². The number of amides is 11. The summed E-state index contributed by atoms with van der Waals surface area (Å²) in [6.07, 6.45) is -0.0367. The fourth-order valence-electron chi connectivity index (χ4n) is 7.33. The van der Waals surface area contributed by atoms with E-state index in [0.717, 1.165) is 21.6 Å². The van der Waals surface area contributed by atoms with Crippen molar-refractivity contribution in [1.29, 1.82) is 0 Å². The van der Waals surface area contributed by atoms with E-state index in [9.17, 15) is 52.7 Å². The molecule has 69 heavy (non-hydrogen) atoms. The summed E-state index contributed by atoms with van der Waals surface area (Å²) in [4.78, 5) is 149. The Kier molecular flexibility index (Phi) is 24.2. The number of carbonyl (C=O) groups is 11. The molecule has 3 rings (SSSR count). The molecule has 0 bridgehead atoms. The minimum Gasteiger partial charge on any atom is -0.370 e. The van der Waals surface area contributed by atoms with Crippen molar-refractivity contribution in [3.8, 4) is 0 Å². The molecule has 2 heterocycles. The molecule has 382 valence electrons. The molecule has 0 aliphatic carbocycles. The van der Waals surface area contributed by atoms with Crippen LogP contribution in [0.2, 0.25) is 0 Å². The molecule has 1 aromatic rings. The third-order valence-corrected chi connectivity index (χ3v) is 13.9. The first kappa shape index (κ1) is 57.3. The van der Waals surface area contributed by atoms with Gasteiger partial charge in [0.2, 0.25) is 65.0 Å². The van der Waals surface area contributed by atoms with Crippen LogP contribution in [0.15, 0.2) is 30.3 Å². The quantitative estimate of drug-likeness (QED) is 0.0619.